The lowest BCUT2D eigenvalue weighted by molar-refractivity contribution is -0.115. The summed E-state index contributed by atoms with van der Waals surface area (Å²) in [5.41, 5.74) is 2.15. The van der Waals surface area contributed by atoms with E-state index < -0.39 is 0 Å². The molecule has 0 bridgehead atoms. The maximum atomic E-state index is 10.7. The van der Waals surface area contributed by atoms with Gasteiger partial charge in [0.1, 0.15) is 5.78 Å². The van der Waals surface area contributed by atoms with Crippen LogP contribution in [0.5, 0.6) is 0 Å². The van der Waals surface area contributed by atoms with E-state index in [1.54, 1.807) is 6.92 Å². The van der Waals surface area contributed by atoms with E-state index in [0.717, 1.165) is 15.7 Å². The zero-order valence-corrected chi connectivity index (χ0v) is 9.31. The number of carbonyl (C=O) groups excluding carboxylic acids is 1. The number of rotatable bonds is 3. The van der Waals surface area contributed by atoms with Crippen LogP contribution in [-0.4, -0.2) is 12.3 Å². The van der Waals surface area contributed by atoms with Crippen molar-refractivity contribution in [3.05, 3.63) is 28.2 Å². The van der Waals surface area contributed by atoms with Gasteiger partial charge in [0.2, 0.25) is 0 Å². The Bertz CT molecular complexity index is 323. The molecule has 70 valence electrons. The number of nitrogens with one attached hydrogen (secondary N) is 1. The van der Waals surface area contributed by atoms with E-state index in [1.165, 1.54) is 0 Å². The van der Waals surface area contributed by atoms with Crippen LogP contribution in [0, 0.1) is 6.92 Å². The van der Waals surface area contributed by atoms with Gasteiger partial charge in [0.15, 0.2) is 0 Å². The Hall–Kier alpha value is -0.830. The van der Waals surface area contributed by atoms with Gasteiger partial charge < -0.3 is 5.32 Å². The Morgan fingerprint density at radius 1 is 1.54 bits per heavy atom. The summed E-state index contributed by atoms with van der Waals surface area (Å²) in [4.78, 5) is 10.7. The van der Waals surface area contributed by atoms with Crippen LogP contribution >= 0.6 is 15.9 Å². The summed E-state index contributed by atoms with van der Waals surface area (Å²) in [5, 5.41) is 3.07. The zero-order chi connectivity index (χ0) is 9.84. The van der Waals surface area contributed by atoms with Crippen molar-refractivity contribution in [3.63, 3.8) is 0 Å². The molecule has 0 amide bonds. The fourth-order valence-corrected chi connectivity index (χ4v) is 1.37. The molecule has 0 aromatic heterocycles. The van der Waals surface area contributed by atoms with Crippen LogP contribution in [0.3, 0.4) is 0 Å². The molecule has 1 rings (SSSR count). The maximum absolute atomic E-state index is 10.7. The number of anilines is 1. The Kier molecular flexibility index (Phi) is 3.48. The van der Waals surface area contributed by atoms with Gasteiger partial charge in [0.25, 0.3) is 0 Å². The smallest absolute Gasteiger partial charge is 0.148 e. The summed E-state index contributed by atoms with van der Waals surface area (Å²) in [6.45, 7) is 3.96. The molecule has 13 heavy (non-hydrogen) atoms. The standard InChI is InChI=1S/C10H12BrNO/c1-7-3-4-9(11)5-10(7)12-6-8(2)13/h3-5,12H,6H2,1-2H3. The summed E-state index contributed by atoms with van der Waals surface area (Å²) in [6, 6.07) is 5.96. The number of hydrogen-bond donors (Lipinski definition) is 1. The third-order valence-corrected chi connectivity index (χ3v) is 2.22. The van der Waals surface area contributed by atoms with Gasteiger partial charge in [-0.15, -0.1) is 0 Å². The second-order valence-electron chi connectivity index (χ2n) is 3.01. The van der Waals surface area contributed by atoms with E-state index in [0.29, 0.717) is 6.54 Å². The summed E-state index contributed by atoms with van der Waals surface area (Å²) < 4.78 is 1.02. The first-order valence-electron chi connectivity index (χ1n) is 4.09. The predicted octanol–water partition coefficient (Wildman–Crippen LogP) is 2.76. The molecule has 0 atom stereocenters. The Labute approximate surface area is 86.5 Å². The molecule has 0 saturated carbocycles. The van der Waals surface area contributed by atoms with Crippen LogP contribution in [0.2, 0.25) is 0 Å². The maximum Gasteiger partial charge on any atom is 0.148 e. The molecule has 1 aromatic rings. The minimum atomic E-state index is 0.138. The largest absolute Gasteiger partial charge is 0.378 e. The van der Waals surface area contributed by atoms with E-state index in [4.69, 9.17) is 0 Å². The van der Waals surface area contributed by atoms with Gasteiger partial charge in [-0.3, -0.25) is 4.79 Å². The molecule has 0 spiro atoms. The SMILES string of the molecule is CC(=O)CNc1cc(Br)ccc1C. The van der Waals surface area contributed by atoms with Crippen molar-refractivity contribution in [2.45, 2.75) is 13.8 Å². The number of carbonyl (C=O) groups is 1. The highest BCUT2D eigenvalue weighted by Crippen LogP contribution is 2.20. The molecular weight excluding hydrogens is 230 g/mol. The van der Waals surface area contributed by atoms with E-state index >= 15 is 0 Å². The average Bonchev–Trinajstić information content (AvgIpc) is 2.06. The van der Waals surface area contributed by atoms with Crippen molar-refractivity contribution >= 4 is 27.4 Å². The van der Waals surface area contributed by atoms with Gasteiger partial charge in [-0.05, 0) is 31.5 Å². The third-order valence-electron chi connectivity index (χ3n) is 1.73. The molecule has 0 heterocycles. The number of halogens is 1. The van der Waals surface area contributed by atoms with Crippen LogP contribution in [-0.2, 0) is 4.79 Å². The van der Waals surface area contributed by atoms with Crippen molar-refractivity contribution in [2.24, 2.45) is 0 Å². The fraction of sp³-hybridized carbons (Fsp3) is 0.300. The average molecular weight is 242 g/mol. The Morgan fingerprint density at radius 3 is 2.85 bits per heavy atom. The van der Waals surface area contributed by atoms with Crippen molar-refractivity contribution in [2.75, 3.05) is 11.9 Å². The molecular formula is C10H12BrNO. The monoisotopic (exact) mass is 241 g/mol. The molecule has 1 aromatic carbocycles. The van der Waals surface area contributed by atoms with Crippen molar-refractivity contribution in [1.29, 1.82) is 0 Å². The van der Waals surface area contributed by atoms with Gasteiger partial charge in [-0.2, -0.15) is 0 Å². The van der Waals surface area contributed by atoms with Gasteiger partial charge >= 0.3 is 0 Å². The van der Waals surface area contributed by atoms with E-state index in [9.17, 15) is 4.79 Å². The van der Waals surface area contributed by atoms with Crippen LogP contribution in [0.25, 0.3) is 0 Å². The molecule has 0 unspecified atom stereocenters. The second-order valence-corrected chi connectivity index (χ2v) is 3.93. The molecule has 0 saturated heterocycles. The molecule has 2 nitrogen and oxygen atoms in total. The van der Waals surface area contributed by atoms with E-state index in [2.05, 4.69) is 21.2 Å². The number of Topliss-reactive ketones (excluding diaryl/α,β-unsaturated/α-hetero) is 1. The molecule has 3 heteroatoms. The topological polar surface area (TPSA) is 29.1 Å². The number of benzene rings is 1. The van der Waals surface area contributed by atoms with Gasteiger partial charge in [0, 0.05) is 10.2 Å². The van der Waals surface area contributed by atoms with Crippen LogP contribution in [0.4, 0.5) is 5.69 Å². The summed E-state index contributed by atoms with van der Waals surface area (Å²) in [7, 11) is 0. The minimum Gasteiger partial charge on any atom is -0.378 e. The van der Waals surface area contributed by atoms with Crippen molar-refractivity contribution in [1.82, 2.24) is 0 Å². The molecule has 0 aliphatic rings. The third kappa shape index (κ3) is 3.19. The van der Waals surface area contributed by atoms with Gasteiger partial charge in [-0.25, -0.2) is 0 Å². The lowest BCUT2D eigenvalue weighted by atomic mass is 10.2. The molecule has 0 fully saturated rings. The first-order valence-corrected chi connectivity index (χ1v) is 4.88. The zero-order valence-electron chi connectivity index (χ0n) is 7.73. The highest BCUT2D eigenvalue weighted by Gasteiger charge is 1.99. The normalized spacial score (nSPS) is 9.77. The molecule has 0 aliphatic carbocycles. The number of hydrogen-bond acceptors (Lipinski definition) is 2. The first-order chi connectivity index (χ1) is 6.09. The molecule has 0 aliphatic heterocycles. The van der Waals surface area contributed by atoms with Crippen LogP contribution in [0.1, 0.15) is 12.5 Å². The summed E-state index contributed by atoms with van der Waals surface area (Å²) in [5.74, 6) is 0.138. The number of ketones is 1. The predicted molar refractivity (Wildman–Crippen MR) is 58.0 cm³/mol. The highest BCUT2D eigenvalue weighted by molar-refractivity contribution is 9.10. The summed E-state index contributed by atoms with van der Waals surface area (Å²) in [6.07, 6.45) is 0. The Balaban J connectivity index is 2.75. The fourth-order valence-electron chi connectivity index (χ4n) is 1.00. The quantitative estimate of drug-likeness (QED) is 0.882. The number of aryl methyl sites for hydroxylation is 1. The lowest BCUT2D eigenvalue weighted by Gasteiger charge is -2.07. The van der Waals surface area contributed by atoms with Gasteiger partial charge in [-0.1, -0.05) is 22.0 Å². The second kappa shape index (κ2) is 4.42. The van der Waals surface area contributed by atoms with Crippen molar-refractivity contribution in [3.8, 4) is 0 Å². The van der Waals surface area contributed by atoms with Gasteiger partial charge in [0.05, 0.1) is 6.54 Å². The summed E-state index contributed by atoms with van der Waals surface area (Å²) >= 11 is 3.38. The lowest BCUT2D eigenvalue weighted by Crippen LogP contribution is -2.10. The van der Waals surface area contributed by atoms with Crippen LogP contribution in [0.15, 0.2) is 22.7 Å². The first kappa shape index (κ1) is 10.3. The van der Waals surface area contributed by atoms with E-state index in [1.807, 2.05) is 25.1 Å². The highest BCUT2D eigenvalue weighted by atomic mass is 79.9. The Morgan fingerprint density at radius 2 is 2.23 bits per heavy atom. The van der Waals surface area contributed by atoms with Crippen LogP contribution < -0.4 is 5.32 Å². The van der Waals surface area contributed by atoms with Crippen molar-refractivity contribution < 1.29 is 4.79 Å². The van der Waals surface area contributed by atoms with E-state index in [-0.39, 0.29) is 5.78 Å². The molecule has 0 radical (unpaired) electrons. The molecule has 1 N–H and O–H groups in total. The minimum absolute atomic E-state index is 0.138.